The van der Waals surface area contributed by atoms with E-state index in [0.717, 1.165) is 64.6 Å². The normalized spacial score (nSPS) is 42.1. The van der Waals surface area contributed by atoms with Gasteiger partial charge in [0.05, 0.1) is 6.42 Å². The van der Waals surface area contributed by atoms with Crippen molar-refractivity contribution in [3.8, 4) is 0 Å². The highest BCUT2D eigenvalue weighted by molar-refractivity contribution is 5.87. The molecule has 1 aliphatic heterocycles. The first kappa shape index (κ1) is 23.3. The van der Waals surface area contributed by atoms with Crippen molar-refractivity contribution in [2.75, 3.05) is 19.6 Å². The first-order chi connectivity index (χ1) is 14.4. The fourth-order valence-electron chi connectivity index (χ4n) is 8.00. The molecule has 0 aromatic carbocycles. The van der Waals surface area contributed by atoms with Gasteiger partial charge in [0.1, 0.15) is 11.9 Å². The number of fused-ring (bicyclic) bond motifs is 5. The zero-order chi connectivity index (χ0) is 20.9. The quantitative estimate of drug-likeness (QED) is 0.429. The van der Waals surface area contributed by atoms with E-state index in [2.05, 4.69) is 24.8 Å². The molecule has 3 saturated carbocycles. The molecule has 5 rings (SSSR count). The Morgan fingerprint density at radius 2 is 1.81 bits per heavy atom. The van der Waals surface area contributed by atoms with E-state index in [1.807, 2.05) is 0 Å². The highest BCUT2D eigenvalue weighted by Gasteiger charge is 2.58. The summed E-state index contributed by atoms with van der Waals surface area (Å²) in [7, 11) is 0. The van der Waals surface area contributed by atoms with Gasteiger partial charge in [-0.3, -0.25) is 9.59 Å². The molecule has 0 aromatic rings. The van der Waals surface area contributed by atoms with Crippen LogP contribution in [-0.2, 0) is 14.3 Å². The lowest BCUT2D eigenvalue weighted by Crippen LogP contribution is -2.50. The third-order valence-corrected chi connectivity index (χ3v) is 9.90. The Hall–Kier alpha value is -0.870. The van der Waals surface area contributed by atoms with Crippen molar-refractivity contribution in [2.24, 2.45) is 28.6 Å². The number of ketones is 1. The number of likely N-dealkylation sites (tertiary alicyclic amines) is 1. The van der Waals surface area contributed by atoms with Gasteiger partial charge in [0, 0.05) is 24.8 Å². The number of allylic oxidation sites excluding steroid dienone is 1. The van der Waals surface area contributed by atoms with E-state index in [1.54, 1.807) is 5.57 Å². The molecule has 0 amide bonds. The number of esters is 1. The maximum atomic E-state index is 12.6. The van der Waals surface area contributed by atoms with Crippen LogP contribution in [0, 0.1) is 28.6 Å². The van der Waals surface area contributed by atoms with E-state index in [0.29, 0.717) is 30.0 Å². The molecule has 0 bridgehead atoms. The fraction of sp³-hybridized carbons (Fsp3) is 0.846. The molecule has 174 valence electrons. The van der Waals surface area contributed by atoms with E-state index >= 15 is 0 Å². The van der Waals surface area contributed by atoms with Crippen LogP contribution in [0.1, 0.15) is 84.5 Å². The van der Waals surface area contributed by atoms with Crippen molar-refractivity contribution < 1.29 is 14.3 Å². The molecule has 5 heteroatoms. The van der Waals surface area contributed by atoms with Gasteiger partial charge in [-0.05, 0) is 87.6 Å². The second kappa shape index (κ2) is 8.82. The molecule has 6 atom stereocenters. The van der Waals surface area contributed by atoms with Crippen molar-refractivity contribution in [2.45, 2.75) is 90.6 Å². The number of Topliss-reactive ketones (excluding diaryl/α,β-unsaturated/α-hetero) is 1. The van der Waals surface area contributed by atoms with Crippen LogP contribution in [0.3, 0.4) is 0 Å². The molecular weight excluding hydrogens is 410 g/mol. The maximum absolute atomic E-state index is 12.6. The molecule has 31 heavy (non-hydrogen) atoms. The van der Waals surface area contributed by atoms with Crippen LogP contribution in [0.15, 0.2) is 11.6 Å². The fourth-order valence-corrected chi connectivity index (χ4v) is 8.00. The molecule has 0 aromatic heterocycles. The molecule has 4 fully saturated rings. The number of hydrogen-bond donors (Lipinski definition) is 0. The van der Waals surface area contributed by atoms with Gasteiger partial charge in [0.25, 0.3) is 0 Å². The van der Waals surface area contributed by atoms with Gasteiger partial charge in [-0.25, -0.2) is 0 Å². The summed E-state index contributed by atoms with van der Waals surface area (Å²) in [6, 6.07) is 0. The molecular formula is C26H40ClNO3. The molecule has 0 unspecified atom stereocenters. The van der Waals surface area contributed by atoms with Crippen molar-refractivity contribution in [3.63, 3.8) is 0 Å². The SMILES string of the molecule is C[C@]12CC[C@H](OC(=O)CCN3CCCC3)CC1=CC[C@@H]1[C@@H]2CC[C@]2(C)C(=O)CC[C@@H]12.Cl. The zero-order valence-corrected chi connectivity index (χ0v) is 20.2. The number of ether oxygens (including phenoxy) is 1. The molecule has 4 aliphatic carbocycles. The average Bonchev–Trinajstić information content (AvgIpc) is 3.35. The lowest BCUT2D eigenvalue weighted by atomic mass is 9.48. The second-order valence-electron chi connectivity index (χ2n) is 11.3. The van der Waals surface area contributed by atoms with E-state index in [9.17, 15) is 9.59 Å². The van der Waals surface area contributed by atoms with Gasteiger partial charge in [0.2, 0.25) is 0 Å². The standard InChI is InChI=1S/C26H39NO3.ClH/c1-25-12-9-19(30-24(29)11-16-27-14-3-4-15-27)17-18(25)5-6-20-21-7-8-23(28)26(21,2)13-10-22(20)25;/h5,19-22H,3-4,6-17H2,1-2H3;1H/t19-,20-,21-,22-,25-,26-;/m0./s1. The lowest BCUT2D eigenvalue weighted by Gasteiger charge is -2.56. The number of carbonyl (C=O) groups is 2. The van der Waals surface area contributed by atoms with Crippen LogP contribution in [0.5, 0.6) is 0 Å². The van der Waals surface area contributed by atoms with Crippen LogP contribution in [0.25, 0.3) is 0 Å². The van der Waals surface area contributed by atoms with Crippen molar-refractivity contribution in [1.29, 1.82) is 0 Å². The first-order valence-corrected chi connectivity index (χ1v) is 12.5. The van der Waals surface area contributed by atoms with E-state index < -0.39 is 0 Å². The average molecular weight is 450 g/mol. The van der Waals surface area contributed by atoms with Gasteiger partial charge in [0.15, 0.2) is 0 Å². The summed E-state index contributed by atoms with van der Waals surface area (Å²) in [5.41, 5.74) is 1.74. The Balaban J connectivity index is 0.00000231. The Bertz CT molecular complexity index is 745. The third kappa shape index (κ3) is 4.01. The Labute approximate surface area is 193 Å². The van der Waals surface area contributed by atoms with Gasteiger partial charge >= 0.3 is 5.97 Å². The van der Waals surface area contributed by atoms with Gasteiger partial charge < -0.3 is 9.64 Å². The van der Waals surface area contributed by atoms with Gasteiger partial charge in [-0.1, -0.05) is 25.5 Å². The maximum Gasteiger partial charge on any atom is 0.307 e. The molecule has 0 N–H and O–H groups in total. The number of nitrogens with zero attached hydrogens (tertiary/aromatic N) is 1. The number of hydrogen-bond acceptors (Lipinski definition) is 4. The van der Waals surface area contributed by atoms with Crippen LogP contribution in [0.2, 0.25) is 0 Å². The van der Waals surface area contributed by atoms with Crippen molar-refractivity contribution >= 4 is 24.2 Å². The van der Waals surface area contributed by atoms with Crippen molar-refractivity contribution in [3.05, 3.63) is 11.6 Å². The van der Waals surface area contributed by atoms with E-state index in [1.165, 1.54) is 19.3 Å². The summed E-state index contributed by atoms with van der Waals surface area (Å²) < 4.78 is 5.93. The number of carbonyl (C=O) groups excluding carboxylic acids is 2. The lowest BCUT2D eigenvalue weighted by molar-refractivity contribution is -0.151. The molecule has 1 heterocycles. The molecule has 1 saturated heterocycles. The van der Waals surface area contributed by atoms with Gasteiger partial charge in [-0.15, -0.1) is 12.4 Å². The first-order valence-electron chi connectivity index (χ1n) is 12.5. The predicted octanol–water partition coefficient (Wildman–Crippen LogP) is 5.34. The summed E-state index contributed by atoms with van der Waals surface area (Å²) in [5.74, 6) is 2.47. The highest BCUT2D eigenvalue weighted by atomic mass is 35.5. The topological polar surface area (TPSA) is 46.6 Å². The van der Waals surface area contributed by atoms with Crippen LogP contribution in [0.4, 0.5) is 0 Å². The largest absolute Gasteiger partial charge is 0.462 e. The molecule has 4 nitrogen and oxygen atoms in total. The molecule has 5 aliphatic rings. The summed E-state index contributed by atoms with van der Waals surface area (Å²) in [5, 5.41) is 0. The summed E-state index contributed by atoms with van der Waals surface area (Å²) >= 11 is 0. The Kier molecular flexibility index (Phi) is 6.63. The number of rotatable bonds is 4. The van der Waals surface area contributed by atoms with E-state index in [4.69, 9.17) is 4.74 Å². The monoisotopic (exact) mass is 449 g/mol. The Morgan fingerprint density at radius 1 is 1.10 bits per heavy atom. The highest BCUT2D eigenvalue weighted by Crippen LogP contribution is 2.64. The smallest absolute Gasteiger partial charge is 0.307 e. The van der Waals surface area contributed by atoms with Gasteiger partial charge in [-0.2, -0.15) is 0 Å². The minimum Gasteiger partial charge on any atom is -0.462 e. The second-order valence-corrected chi connectivity index (χ2v) is 11.3. The van der Waals surface area contributed by atoms with Crippen LogP contribution < -0.4 is 0 Å². The van der Waals surface area contributed by atoms with Crippen molar-refractivity contribution in [1.82, 2.24) is 4.90 Å². The Morgan fingerprint density at radius 3 is 2.58 bits per heavy atom. The minimum atomic E-state index is -0.0507. The minimum absolute atomic E-state index is 0. The predicted molar refractivity (Wildman–Crippen MR) is 124 cm³/mol. The third-order valence-electron chi connectivity index (χ3n) is 9.90. The van der Waals surface area contributed by atoms with E-state index in [-0.39, 0.29) is 35.3 Å². The summed E-state index contributed by atoms with van der Waals surface area (Å²) in [6.07, 6.45) is 14.0. The zero-order valence-electron chi connectivity index (χ0n) is 19.4. The summed E-state index contributed by atoms with van der Waals surface area (Å²) in [4.78, 5) is 27.4. The van der Waals surface area contributed by atoms with Crippen LogP contribution in [-0.4, -0.2) is 42.4 Å². The summed E-state index contributed by atoms with van der Waals surface area (Å²) in [6.45, 7) is 7.85. The molecule has 0 spiro atoms. The molecule has 0 radical (unpaired) electrons. The number of halogens is 1. The van der Waals surface area contributed by atoms with Crippen LogP contribution >= 0.6 is 12.4 Å².